The molecule has 0 saturated carbocycles. The number of pyridine rings is 1. The number of nitrogens with one attached hydrogen (secondary N) is 1. The van der Waals surface area contributed by atoms with E-state index in [0.29, 0.717) is 6.04 Å². The summed E-state index contributed by atoms with van der Waals surface area (Å²) in [5, 5.41) is 6.04. The maximum atomic E-state index is 4.58. The molecule has 110 valence electrons. The number of unbranched alkanes of at least 4 members (excludes halogenated alkanes) is 1. The number of nitrogens with zero attached hydrogens (tertiary/aromatic N) is 2. The summed E-state index contributed by atoms with van der Waals surface area (Å²) in [6.45, 7) is 7.65. The molecule has 0 fully saturated rings. The third-order valence-corrected chi connectivity index (χ3v) is 3.96. The Labute approximate surface area is 126 Å². The minimum Gasteiger partial charge on any atom is -0.369 e. The van der Waals surface area contributed by atoms with E-state index < -0.39 is 0 Å². The first-order chi connectivity index (χ1) is 10.2. The molecule has 1 N–H and O–H groups in total. The fraction of sp³-hybridized carbons (Fsp3) is 0.389. The van der Waals surface area contributed by atoms with Crippen LogP contribution in [0.15, 0.2) is 36.5 Å². The van der Waals surface area contributed by atoms with Gasteiger partial charge in [-0.05, 0) is 32.4 Å². The highest BCUT2D eigenvalue weighted by Gasteiger charge is 2.15. The van der Waals surface area contributed by atoms with Crippen molar-refractivity contribution in [2.45, 2.75) is 39.7 Å². The van der Waals surface area contributed by atoms with E-state index in [2.05, 4.69) is 66.0 Å². The summed E-state index contributed by atoms with van der Waals surface area (Å²) in [4.78, 5) is 4.58. The smallest absolute Gasteiger partial charge is 0.136 e. The molecule has 3 nitrogen and oxygen atoms in total. The summed E-state index contributed by atoms with van der Waals surface area (Å²) in [6, 6.07) is 11.2. The average Bonchev–Trinajstić information content (AvgIpc) is 2.82. The van der Waals surface area contributed by atoms with Gasteiger partial charge in [-0.1, -0.05) is 31.5 Å². The summed E-state index contributed by atoms with van der Waals surface area (Å²) < 4.78 is 2.40. The highest BCUT2D eigenvalue weighted by atomic mass is 15.0. The molecule has 3 aromatic rings. The monoisotopic (exact) mass is 281 g/mol. The van der Waals surface area contributed by atoms with E-state index in [-0.39, 0.29) is 0 Å². The molecule has 0 aliphatic rings. The molecule has 3 heteroatoms. The Morgan fingerprint density at radius 1 is 1.14 bits per heavy atom. The van der Waals surface area contributed by atoms with Gasteiger partial charge < -0.3 is 9.88 Å². The Kier molecular flexibility index (Phi) is 3.82. The van der Waals surface area contributed by atoms with Crippen LogP contribution in [0.1, 0.15) is 39.7 Å². The van der Waals surface area contributed by atoms with Crippen LogP contribution in [0.5, 0.6) is 0 Å². The van der Waals surface area contributed by atoms with Gasteiger partial charge in [-0.3, -0.25) is 0 Å². The van der Waals surface area contributed by atoms with Crippen molar-refractivity contribution in [3.8, 4) is 0 Å². The lowest BCUT2D eigenvalue weighted by Crippen LogP contribution is -2.04. The van der Waals surface area contributed by atoms with E-state index in [0.717, 1.165) is 12.4 Å². The van der Waals surface area contributed by atoms with E-state index in [1.807, 2.05) is 6.20 Å². The van der Waals surface area contributed by atoms with Gasteiger partial charge in [0.1, 0.15) is 5.82 Å². The SMILES string of the molecule is CCCCNc1nccc2c1c1ccccc1n2C(C)C. The topological polar surface area (TPSA) is 29.9 Å². The number of rotatable bonds is 5. The quantitative estimate of drug-likeness (QED) is 0.668. The number of hydrogen-bond acceptors (Lipinski definition) is 2. The van der Waals surface area contributed by atoms with E-state index >= 15 is 0 Å². The second-order valence-corrected chi connectivity index (χ2v) is 5.81. The van der Waals surface area contributed by atoms with Gasteiger partial charge >= 0.3 is 0 Å². The van der Waals surface area contributed by atoms with E-state index in [1.54, 1.807) is 0 Å². The molecule has 0 spiro atoms. The molecule has 0 radical (unpaired) electrons. The number of fused-ring (bicyclic) bond motifs is 3. The van der Waals surface area contributed by atoms with Crippen molar-refractivity contribution >= 4 is 27.6 Å². The van der Waals surface area contributed by atoms with Crippen molar-refractivity contribution in [3.05, 3.63) is 36.5 Å². The molecular formula is C18H23N3. The Morgan fingerprint density at radius 2 is 1.95 bits per heavy atom. The second-order valence-electron chi connectivity index (χ2n) is 5.81. The largest absolute Gasteiger partial charge is 0.369 e. The summed E-state index contributed by atoms with van der Waals surface area (Å²) in [5.41, 5.74) is 2.55. The Bertz CT molecular complexity index is 756. The molecule has 1 aromatic carbocycles. The molecule has 0 amide bonds. The van der Waals surface area contributed by atoms with Gasteiger partial charge in [0.15, 0.2) is 0 Å². The molecule has 0 bridgehead atoms. The lowest BCUT2D eigenvalue weighted by Gasteiger charge is -2.11. The first kappa shape index (κ1) is 13.9. The van der Waals surface area contributed by atoms with E-state index in [1.165, 1.54) is 34.6 Å². The van der Waals surface area contributed by atoms with Gasteiger partial charge in [0.25, 0.3) is 0 Å². The van der Waals surface area contributed by atoms with Crippen LogP contribution in [-0.4, -0.2) is 16.1 Å². The van der Waals surface area contributed by atoms with Crippen molar-refractivity contribution in [2.75, 3.05) is 11.9 Å². The van der Waals surface area contributed by atoms with Gasteiger partial charge in [0.05, 0.1) is 5.52 Å². The zero-order valence-corrected chi connectivity index (χ0v) is 13.1. The Hall–Kier alpha value is -2.03. The zero-order chi connectivity index (χ0) is 14.8. The van der Waals surface area contributed by atoms with Gasteiger partial charge in [0, 0.05) is 35.1 Å². The summed E-state index contributed by atoms with van der Waals surface area (Å²) in [6.07, 6.45) is 4.27. The molecule has 0 saturated heterocycles. The lowest BCUT2D eigenvalue weighted by molar-refractivity contribution is 0.642. The molecule has 2 heterocycles. The van der Waals surface area contributed by atoms with Gasteiger partial charge in [-0.25, -0.2) is 4.98 Å². The standard InChI is InChI=1S/C18H23N3/c1-4-5-11-19-18-17-14-8-6-7-9-15(14)21(13(2)3)16(17)10-12-20-18/h6-10,12-13H,4-5,11H2,1-3H3,(H,19,20). The van der Waals surface area contributed by atoms with Crippen LogP contribution in [0.3, 0.4) is 0 Å². The second kappa shape index (κ2) is 5.76. The summed E-state index contributed by atoms with van der Waals surface area (Å²) >= 11 is 0. The van der Waals surface area contributed by atoms with E-state index in [4.69, 9.17) is 0 Å². The fourth-order valence-corrected chi connectivity index (χ4v) is 3.02. The predicted octanol–water partition coefficient (Wildman–Crippen LogP) is 4.98. The van der Waals surface area contributed by atoms with Crippen LogP contribution in [-0.2, 0) is 0 Å². The van der Waals surface area contributed by atoms with Crippen molar-refractivity contribution in [3.63, 3.8) is 0 Å². The van der Waals surface area contributed by atoms with Crippen LogP contribution >= 0.6 is 0 Å². The van der Waals surface area contributed by atoms with Gasteiger partial charge in [-0.2, -0.15) is 0 Å². The van der Waals surface area contributed by atoms with Crippen molar-refractivity contribution in [1.29, 1.82) is 0 Å². The number of para-hydroxylation sites is 1. The third kappa shape index (κ3) is 2.37. The average molecular weight is 281 g/mol. The predicted molar refractivity (Wildman–Crippen MR) is 91.0 cm³/mol. The number of hydrogen-bond donors (Lipinski definition) is 1. The van der Waals surface area contributed by atoms with Crippen LogP contribution in [0.4, 0.5) is 5.82 Å². The van der Waals surface area contributed by atoms with Crippen LogP contribution in [0.2, 0.25) is 0 Å². The normalized spacial score (nSPS) is 11.6. The van der Waals surface area contributed by atoms with Crippen molar-refractivity contribution in [1.82, 2.24) is 9.55 Å². The molecule has 0 aliphatic heterocycles. The lowest BCUT2D eigenvalue weighted by atomic mass is 10.2. The molecule has 0 unspecified atom stereocenters. The Balaban J connectivity index is 2.25. The summed E-state index contributed by atoms with van der Waals surface area (Å²) in [7, 11) is 0. The molecule has 2 aromatic heterocycles. The zero-order valence-electron chi connectivity index (χ0n) is 13.1. The first-order valence-electron chi connectivity index (χ1n) is 7.85. The summed E-state index contributed by atoms with van der Waals surface area (Å²) in [5.74, 6) is 1.01. The van der Waals surface area contributed by atoms with Gasteiger partial charge in [0.2, 0.25) is 0 Å². The van der Waals surface area contributed by atoms with Crippen molar-refractivity contribution in [2.24, 2.45) is 0 Å². The van der Waals surface area contributed by atoms with Crippen molar-refractivity contribution < 1.29 is 0 Å². The minimum atomic E-state index is 0.429. The number of aromatic nitrogens is 2. The molecule has 21 heavy (non-hydrogen) atoms. The van der Waals surface area contributed by atoms with Crippen LogP contribution in [0, 0.1) is 0 Å². The maximum Gasteiger partial charge on any atom is 0.136 e. The Morgan fingerprint density at radius 3 is 2.71 bits per heavy atom. The molecule has 0 aliphatic carbocycles. The van der Waals surface area contributed by atoms with E-state index in [9.17, 15) is 0 Å². The fourth-order valence-electron chi connectivity index (χ4n) is 3.02. The van der Waals surface area contributed by atoms with Gasteiger partial charge in [-0.15, -0.1) is 0 Å². The minimum absolute atomic E-state index is 0.429. The maximum absolute atomic E-state index is 4.58. The number of benzene rings is 1. The van der Waals surface area contributed by atoms with Crippen LogP contribution in [0.25, 0.3) is 21.8 Å². The van der Waals surface area contributed by atoms with Crippen LogP contribution < -0.4 is 5.32 Å². The number of anilines is 1. The first-order valence-corrected chi connectivity index (χ1v) is 7.85. The molecule has 3 rings (SSSR count). The third-order valence-electron chi connectivity index (χ3n) is 3.96. The highest BCUT2D eigenvalue weighted by molar-refractivity contribution is 6.13. The molecular weight excluding hydrogens is 258 g/mol. The molecule has 0 atom stereocenters. The highest BCUT2D eigenvalue weighted by Crippen LogP contribution is 2.35.